The summed E-state index contributed by atoms with van der Waals surface area (Å²) in [5, 5.41) is 3.69. The summed E-state index contributed by atoms with van der Waals surface area (Å²) in [5.41, 5.74) is 4.00. The van der Waals surface area contributed by atoms with Gasteiger partial charge in [-0.3, -0.25) is 4.79 Å². The molecule has 3 aromatic rings. The minimum atomic E-state index is -2.30. The van der Waals surface area contributed by atoms with Crippen LogP contribution in [0.1, 0.15) is 43.8 Å². The average Bonchev–Trinajstić information content (AvgIpc) is 3.55. The monoisotopic (exact) mass is 515 g/mol. The van der Waals surface area contributed by atoms with Crippen molar-refractivity contribution in [2.75, 3.05) is 19.0 Å². The third-order valence-corrected chi connectivity index (χ3v) is 8.35. The minimum absolute atomic E-state index is 0.0486. The molecule has 1 aliphatic carbocycles. The van der Waals surface area contributed by atoms with Gasteiger partial charge in [-0.2, -0.15) is 0 Å². The van der Waals surface area contributed by atoms with E-state index in [9.17, 15) is 9.00 Å². The predicted octanol–water partition coefficient (Wildman–Crippen LogP) is 5.86. The second kappa shape index (κ2) is 14.1. The summed E-state index contributed by atoms with van der Waals surface area (Å²) >= 11 is 1.48. The fourth-order valence-corrected chi connectivity index (χ4v) is 6.22. The summed E-state index contributed by atoms with van der Waals surface area (Å²) in [6.07, 6.45) is 3.35. The Hall–Kier alpha value is -2.52. The predicted molar refractivity (Wildman–Crippen MR) is 150 cm³/mol. The van der Waals surface area contributed by atoms with Gasteiger partial charge in [-0.25, -0.2) is 13.9 Å². The van der Waals surface area contributed by atoms with E-state index in [0.29, 0.717) is 6.04 Å². The summed E-state index contributed by atoms with van der Waals surface area (Å²) in [6, 6.07) is 18.4. The molecular formula is C27H37N3O3S2. The van der Waals surface area contributed by atoms with Gasteiger partial charge < -0.3 is 10.1 Å². The van der Waals surface area contributed by atoms with Crippen LogP contribution in [-0.2, 0) is 19.2 Å². The lowest BCUT2D eigenvalue weighted by Crippen LogP contribution is -2.25. The van der Waals surface area contributed by atoms with Crippen molar-refractivity contribution in [3.63, 3.8) is 0 Å². The Morgan fingerprint density at radius 2 is 1.71 bits per heavy atom. The number of thiazole rings is 1. The molecule has 0 radical (unpaired) electrons. The highest BCUT2D eigenvalue weighted by Gasteiger charge is 2.26. The molecule has 1 saturated carbocycles. The number of rotatable bonds is 7. The zero-order chi connectivity index (χ0) is 25.8. The van der Waals surface area contributed by atoms with Crippen molar-refractivity contribution in [1.29, 1.82) is 0 Å². The van der Waals surface area contributed by atoms with Crippen molar-refractivity contribution in [3.05, 3.63) is 65.3 Å². The number of nitrogens with zero attached hydrogens (tertiary/aromatic N) is 1. The third-order valence-electron chi connectivity index (χ3n) is 4.82. The number of hydrogen-bond acceptors (Lipinski definition) is 5. The largest absolute Gasteiger partial charge is 0.385 e. The molecule has 190 valence electrons. The first-order valence-corrected chi connectivity index (χ1v) is 14.2. The molecule has 0 saturated heterocycles. The number of methoxy groups -OCH3 is 1. The van der Waals surface area contributed by atoms with Crippen LogP contribution in [0.15, 0.2) is 58.8 Å². The van der Waals surface area contributed by atoms with E-state index in [4.69, 9.17) is 4.74 Å². The molecular weight excluding hydrogens is 478 g/mol. The highest BCUT2D eigenvalue weighted by Crippen LogP contribution is 2.27. The molecule has 8 heteroatoms. The minimum Gasteiger partial charge on any atom is -0.385 e. The maximum absolute atomic E-state index is 12.2. The number of amides is 1. The molecule has 1 atom stereocenters. The first-order chi connectivity index (χ1) is 16.7. The molecule has 1 unspecified atom stereocenters. The van der Waals surface area contributed by atoms with Gasteiger partial charge in [0.25, 0.3) is 0 Å². The van der Waals surface area contributed by atoms with Gasteiger partial charge in [0.15, 0.2) is 0 Å². The zero-order valence-electron chi connectivity index (χ0n) is 21.3. The second-order valence-electron chi connectivity index (χ2n) is 8.29. The Morgan fingerprint density at radius 1 is 1.11 bits per heavy atom. The Balaban J connectivity index is 0.000000209. The van der Waals surface area contributed by atoms with Crippen molar-refractivity contribution in [2.24, 2.45) is 0 Å². The molecule has 1 aliphatic rings. The summed E-state index contributed by atoms with van der Waals surface area (Å²) in [5.74, 6) is 3.73. The lowest BCUT2D eigenvalue weighted by atomic mass is 10.1. The molecule has 4 rings (SSSR count). The lowest BCUT2D eigenvalue weighted by Gasteiger charge is -2.08. The number of ether oxygens (including phenoxy) is 1. The van der Waals surface area contributed by atoms with Gasteiger partial charge >= 0.3 is 0 Å². The number of nitrogens with one attached hydrogen (secondary N) is 2. The maximum Gasteiger partial charge on any atom is 0.221 e. The van der Waals surface area contributed by atoms with E-state index < -0.39 is 9.71 Å². The summed E-state index contributed by atoms with van der Waals surface area (Å²) in [4.78, 5) is 15.1. The molecule has 0 aliphatic heterocycles. The van der Waals surface area contributed by atoms with Crippen LogP contribution in [0.25, 0.3) is 11.1 Å². The highest BCUT2D eigenvalue weighted by molar-refractivity contribution is 8.00. The maximum atomic E-state index is 12.2. The van der Waals surface area contributed by atoms with Gasteiger partial charge in [0.1, 0.15) is 4.21 Å². The first kappa shape index (κ1) is 28.7. The van der Waals surface area contributed by atoms with Gasteiger partial charge in [0.2, 0.25) is 5.91 Å². The van der Waals surface area contributed by atoms with Crippen LogP contribution in [0, 0.1) is 13.8 Å². The number of anilines is 1. The van der Waals surface area contributed by atoms with Crippen LogP contribution in [0.4, 0.5) is 5.69 Å². The van der Waals surface area contributed by atoms with Gasteiger partial charge in [0.05, 0.1) is 20.4 Å². The van der Waals surface area contributed by atoms with E-state index >= 15 is 0 Å². The van der Waals surface area contributed by atoms with E-state index in [-0.39, 0.29) is 5.91 Å². The average molecular weight is 516 g/mol. The molecule has 1 amide bonds. The van der Waals surface area contributed by atoms with Crippen molar-refractivity contribution in [1.82, 2.24) is 9.71 Å². The number of benzene rings is 2. The standard InChI is InChI=1S/C14H13NO.C9H14N2OS2.C4H10O/c1-11(16)15-14-9-7-13(8-10-14)12-5-3-2-4-6-12;1-6-9(13-7(2)10-6)14(3,12)11-8-4-5-8;1-3-4-5-2/h2-10H,1H3,(H,15,16);8H,3-5H2,1-2H3,(H,11,12);3-4H2,1-2H3. The normalized spacial score (nSPS) is 14.0. The van der Waals surface area contributed by atoms with Gasteiger partial charge in [-0.1, -0.05) is 49.4 Å². The third kappa shape index (κ3) is 10.3. The second-order valence-corrected chi connectivity index (χ2v) is 11.7. The quantitative estimate of drug-likeness (QED) is 0.387. The van der Waals surface area contributed by atoms with Crippen molar-refractivity contribution >= 4 is 38.5 Å². The van der Waals surface area contributed by atoms with Crippen LogP contribution in [0.2, 0.25) is 0 Å². The molecule has 1 aromatic heterocycles. The molecule has 0 bridgehead atoms. The van der Waals surface area contributed by atoms with Crippen molar-refractivity contribution in [3.8, 4) is 11.1 Å². The van der Waals surface area contributed by atoms with E-state index in [1.807, 2.05) is 56.3 Å². The van der Waals surface area contributed by atoms with Gasteiger partial charge in [0, 0.05) is 32.4 Å². The summed E-state index contributed by atoms with van der Waals surface area (Å²) in [6.45, 7) is 8.29. The van der Waals surface area contributed by atoms with Crippen LogP contribution in [0.3, 0.4) is 0 Å². The van der Waals surface area contributed by atoms with Crippen LogP contribution >= 0.6 is 11.3 Å². The van der Waals surface area contributed by atoms with E-state index in [1.165, 1.54) is 23.8 Å². The summed E-state index contributed by atoms with van der Waals surface area (Å²) in [7, 11) is -0.589. The highest BCUT2D eigenvalue weighted by atomic mass is 32.2. The topological polar surface area (TPSA) is 80.3 Å². The van der Waals surface area contributed by atoms with Crippen LogP contribution in [0.5, 0.6) is 0 Å². The van der Waals surface area contributed by atoms with E-state index in [1.54, 1.807) is 7.11 Å². The summed E-state index contributed by atoms with van der Waals surface area (Å²) < 4.78 is 20.8. The first-order valence-electron chi connectivity index (χ1n) is 11.7. The van der Waals surface area contributed by atoms with Crippen LogP contribution in [-0.4, -0.2) is 40.7 Å². The van der Waals surface area contributed by atoms with Gasteiger partial charge in [-0.15, -0.1) is 11.3 Å². The number of aromatic nitrogens is 1. The Morgan fingerprint density at radius 3 is 2.14 bits per heavy atom. The fourth-order valence-electron chi connectivity index (χ4n) is 3.13. The lowest BCUT2D eigenvalue weighted by molar-refractivity contribution is -0.114. The molecule has 1 heterocycles. The van der Waals surface area contributed by atoms with E-state index in [0.717, 1.165) is 52.0 Å². The number of hydrogen-bond donors (Lipinski definition) is 2. The molecule has 6 nitrogen and oxygen atoms in total. The fraction of sp³-hybridized carbons (Fsp3) is 0.370. The molecule has 1 fully saturated rings. The van der Waals surface area contributed by atoms with Crippen molar-refractivity contribution in [2.45, 2.75) is 57.2 Å². The Kier molecular flexibility index (Phi) is 11.6. The zero-order valence-corrected chi connectivity index (χ0v) is 22.9. The van der Waals surface area contributed by atoms with Crippen molar-refractivity contribution < 1.29 is 13.7 Å². The van der Waals surface area contributed by atoms with Crippen LogP contribution < -0.4 is 10.0 Å². The molecule has 35 heavy (non-hydrogen) atoms. The molecule has 0 spiro atoms. The Labute approximate surface area is 214 Å². The smallest absolute Gasteiger partial charge is 0.221 e. The number of aryl methyl sites for hydroxylation is 2. The molecule has 2 aromatic carbocycles. The number of carbonyl (C=O) groups excluding carboxylic acids is 1. The van der Waals surface area contributed by atoms with E-state index in [2.05, 4.69) is 39.9 Å². The Bertz CT molecular complexity index is 1150. The number of carbonyl (C=O) groups is 1. The molecule has 2 N–H and O–H groups in total. The van der Waals surface area contributed by atoms with Gasteiger partial charge in [-0.05, 0) is 62.2 Å². The SMILES string of the molecule is C=S(=O)(NC1CC1)c1sc(C)nc1C.CC(=O)Nc1ccc(-c2ccccc2)cc1.CCCOC.